The van der Waals surface area contributed by atoms with Gasteiger partial charge in [-0.3, -0.25) is 0 Å². The van der Waals surface area contributed by atoms with Crippen molar-refractivity contribution in [2.45, 2.75) is 85.7 Å². The molecule has 0 saturated carbocycles. The van der Waals surface area contributed by atoms with E-state index in [4.69, 9.17) is 0 Å². The Kier molecular flexibility index (Phi) is 8.07. The highest BCUT2D eigenvalue weighted by atomic mass is 32.1. The summed E-state index contributed by atoms with van der Waals surface area (Å²) in [6, 6.07) is 8.79. The van der Waals surface area contributed by atoms with Crippen molar-refractivity contribution < 1.29 is 15.0 Å². The summed E-state index contributed by atoms with van der Waals surface area (Å²) in [7, 11) is 0. The first-order valence-electron chi connectivity index (χ1n) is 10.6. The SMILES string of the molecule is CCC(CCc1cc(C)c(C(=O)O)s1)c1ccc(CCC(O)C(C)(C)C)c(C)c1. The molecule has 2 rings (SSSR count). The van der Waals surface area contributed by atoms with Crippen LogP contribution in [0.25, 0.3) is 0 Å². The number of rotatable bonds is 9. The van der Waals surface area contributed by atoms with Crippen LogP contribution in [-0.2, 0) is 12.8 Å². The minimum absolute atomic E-state index is 0.0815. The molecule has 0 spiro atoms. The van der Waals surface area contributed by atoms with E-state index < -0.39 is 5.97 Å². The molecule has 0 fully saturated rings. The van der Waals surface area contributed by atoms with Gasteiger partial charge in [-0.1, -0.05) is 45.9 Å². The van der Waals surface area contributed by atoms with Crippen molar-refractivity contribution in [1.82, 2.24) is 0 Å². The van der Waals surface area contributed by atoms with E-state index in [1.54, 1.807) is 0 Å². The van der Waals surface area contributed by atoms with Crippen LogP contribution in [0.5, 0.6) is 0 Å². The summed E-state index contributed by atoms with van der Waals surface area (Å²) < 4.78 is 0. The molecule has 1 aromatic heterocycles. The smallest absolute Gasteiger partial charge is 0.346 e. The Balaban J connectivity index is 2.03. The second kappa shape index (κ2) is 9.90. The summed E-state index contributed by atoms with van der Waals surface area (Å²) in [6.45, 7) is 12.5. The number of carboxylic acids is 1. The zero-order chi connectivity index (χ0) is 21.8. The number of hydrogen-bond acceptors (Lipinski definition) is 3. The molecule has 0 radical (unpaired) electrons. The molecule has 3 nitrogen and oxygen atoms in total. The zero-order valence-corrected chi connectivity index (χ0v) is 19.5. The number of carboxylic acid groups (broad SMARTS) is 1. The molecule has 29 heavy (non-hydrogen) atoms. The van der Waals surface area contributed by atoms with E-state index in [1.165, 1.54) is 28.0 Å². The van der Waals surface area contributed by atoms with E-state index in [-0.39, 0.29) is 11.5 Å². The van der Waals surface area contributed by atoms with Crippen LogP contribution < -0.4 is 0 Å². The van der Waals surface area contributed by atoms with E-state index in [1.807, 2.05) is 13.0 Å². The lowest BCUT2D eigenvalue weighted by molar-refractivity contribution is 0.0559. The molecule has 2 aromatic rings. The quantitative estimate of drug-likeness (QED) is 0.488. The largest absolute Gasteiger partial charge is 0.477 e. The van der Waals surface area contributed by atoms with Gasteiger partial charge in [-0.15, -0.1) is 11.3 Å². The van der Waals surface area contributed by atoms with Gasteiger partial charge in [0, 0.05) is 4.88 Å². The maximum absolute atomic E-state index is 11.3. The van der Waals surface area contributed by atoms with Crippen LogP contribution in [0.4, 0.5) is 0 Å². The molecule has 2 N–H and O–H groups in total. The average molecular weight is 417 g/mol. The average Bonchev–Trinajstić information content (AvgIpc) is 3.01. The first-order chi connectivity index (χ1) is 13.5. The van der Waals surface area contributed by atoms with Gasteiger partial charge in [-0.05, 0) is 85.6 Å². The Morgan fingerprint density at radius 3 is 2.28 bits per heavy atom. The standard InChI is InChI=1S/C25H36O3S/c1-7-18(10-12-21-15-17(3)23(29-21)24(27)28)20-9-8-19(16(2)14-20)11-13-22(26)25(4,5)6/h8-9,14-15,18,22,26H,7,10-13H2,1-6H3,(H,27,28). The number of aromatic carboxylic acids is 1. The second-order valence-corrected chi connectivity index (χ2v) is 10.4. The monoisotopic (exact) mass is 416 g/mol. The van der Waals surface area contributed by atoms with Crippen molar-refractivity contribution in [2.75, 3.05) is 0 Å². The topological polar surface area (TPSA) is 57.5 Å². The predicted molar refractivity (Wildman–Crippen MR) is 122 cm³/mol. The fourth-order valence-electron chi connectivity index (χ4n) is 3.79. The summed E-state index contributed by atoms with van der Waals surface area (Å²) in [4.78, 5) is 12.9. The summed E-state index contributed by atoms with van der Waals surface area (Å²) >= 11 is 1.41. The normalized spacial score (nSPS) is 14.0. The van der Waals surface area contributed by atoms with Crippen LogP contribution in [0.3, 0.4) is 0 Å². The van der Waals surface area contributed by atoms with E-state index >= 15 is 0 Å². The Hall–Kier alpha value is -1.65. The van der Waals surface area contributed by atoms with Crippen LogP contribution in [0.15, 0.2) is 24.3 Å². The molecule has 2 unspecified atom stereocenters. The molecule has 160 valence electrons. The van der Waals surface area contributed by atoms with Crippen molar-refractivity contribution in [2.24, 2.45) is 5.41 Å². The predicted octanol–water partition coefficient (Wildman–Crippen LogP) is 6.53. The molecule has 0 aliphatic heterocycles. The van der Waals surface area contributed by atoms with E-state index in [0.717, 1.165) is 42.5 Å². The third-order valence-corrected chi connectivity index (χ3v) is 7.20. The van der Waals surface area contributed by atoms with Crippen LogP contribution in [0, 0.1) is 19.3 Å². The Morgan fingerprint density at radius 2 is 1.76 bits per heavy atom. The molecule has 0 saturated heterocycles. The van der Waals surface area contributed by atoms with Gasteiger partial charge in [0.15, 0.2) is 0 Å². The third kappa shape index (κ3) is 6.42. The van der Waals surface area contributed by atoms with E-state index in [2.05, 4.69) is 52.8 Å². The molecule has 4 heteroatoms. The highest BCUT2D eigenvalue weighted by Gasteiger charge is 2.22. The van der Waals surface area contributed by atoms with Gasteiger partial charge in [-0.25, -0.2) is 4.79 Å². The van der Waals surface area contributed by atoms with Crippen LogP contribution >= 0.6 is 11.3 Å². The van der Waals surface area contributed by atoms with Crippen molar-refractivity contribution in [3.05, 3.63) is 56.3 Å². The van der Waals surface area contributed by atoms with Crippen LogP contribution in [-0.4, -0.2) is 22.3 Å². The molecule has 0 aliphatic carbocycles. The summed E-state index contributed by atoms with van der Waals surface area (Å²) in [5.41, 5.74) is 4.75. The molecule has 1 aromatic carbocycles. The summed E-state index contributed by atoms with van der Waals surface area (Å²) in [5, 5.41) is 19.6. The van der Waals surface area contributed by atoms with E-state index in [0.29, 0.717) is 10.8 Å². The third-order valence-electron chi connectivity index (χ3n) is 5.92. The number of aryl methyl sites for hydroxylation is 4. The maximum atomic E-state index is 11.3. The molecule has 0 amide bonds. The molecular weight excluding hydrogens is 380 g/mol. The van der Waals surface area contributed by atoms with Gasteiger partial charge in [0.2, 0.25) is 0 Å². The highest BCUT2D eigenvalue weighted by Crippen LogP contribution is 2.30. The minimum atomic E-state index is -0.825. The van der Waals surface area contributed by atoms with Gasteiger partial charge in [-0.2, -0.15) is 0 Å². The van der Waals surface area contributed by atoms with Crippen molar-refractivity contribution in [1.29, 1.82) is 0 Å². The molecule has 2 atom stereocenters. The first kappa shape index (κ1) is 23.6. The van der Waals surface area contributed by atoms with Gasteiger partial charge >= 0.3 is 5.97 Å². The van der Waals surface area contributed by atoms with Crippen LogP contribution in [0.1, 0.15) is 89.7 Å². The fraction of sp³-hybridized carbons (Fsp3) is 0.560. The summed E-state index contributed by atoms with van der Waals surface area (Å²) in [6.07, 6.45) is 4.39. The minimum Gasteiger partial charge on any atom is -0.477 e. The number of thiophene rings is 1. The van der Waals surface area contributed by atoms with Gasteiger partial charge in [0.25, 0.3) is 0 Å². The van der Waals surface area contributed by atoms with Crippen molar-refractivity contribution in [3.63, 3.8) is 0 Å². The number of carbonyl (C=O) groups is 1. The lowest BCUT2D eigenvalue weighted by atomic mass is 9.84. The molecular formula is C25H36O3S. The number of benzene rings is 1. The van der Waals surface area contributed by atoms with Gasteiger partial charge in [0.05, 0.1) is 6.10 Å². The lowest BCUT2D eigenvalue weighted by Crippen LogP contribution is -2.26. The Labute approximate surface area is 179 Å². The number of aliphatic hydroxyl groups excluding tert-OH is 1. The van der Waals surface area contributed by atoms with Gasteiger partial charge in [0.1, 0.15) is 4.88 Å². The number of hydrogen-bond donors (Lipinski definition) is 2. The Morgan fingerprint density at radius 1 is 1.07 bits per heavy atom. The summed E-state index contributed by atoms with van der Waals surface area (Å²) in [5.74, 6) is -0.354. The van der Waals surface area contributed by atoms with Crippen molar-refractivity contribution >= 4 is 17.3 Å². The molecule has 1 heterocycles. The van der Waals surface area contributed by atoms with Gasteiger partial charge < -0.3 is 10.2 Å². The van der Waals surface area contributed by atoms with E-state index in [9.17, 15) is 15.0 Å². The second-order valence-electron chi connectivity index (χ2n) is 9.28. The Bertz CT molecular complexity index is 829. The van der Waals surface area contributed by atoms with Crippen molar-refractivity contribution in [3.8, 4) is 0 Å². The fourth-order valence-corrected chi connectivity index (χ4v) is 4.81. The zero-order valence-electron chi connectivity index (χ0n) is 18.7. The molecule has 0 bridgehead atoms. The number of aliphatic hydroxyl groups is 1. The molecule has 0 aliphatic rings. The maximum Gasteiger partial charge on any atom is 0.346 e. The highest BCUT2D eigenvalue weighted by molar-refractivity contribution is 7.14. The first-order valence-corrected chi connectivity index (χ1v) is 11.4. The van der Waals surface area contributed by atoms with Crippen LogP contribution in [0.2, 0.25) is 0 Å². The lowest BCUT2D eigenvalue weighted by Gasteiger charge is -2.26.